The van der Waals surface area contributed by atoms with Crippen LogP contribution in [0.15, 0.2) is 35.3 Å². The molecule has 242 valence electrons. The van der Waals surface area contributed by atoms with Crippen molar-refractivity contribution in [2.45, 2.75) is 84.3 Å². The largest absolute Gasteiger partial charge is 0.481 e. The molecule has 1 saturated heterocycles. The fourth-order valence-electron chi connectivity index (χ4n) is 6.81. The van der Waals surface area contributed by atoms with Crippen LogP contribution >= 0.6 is 12.6 Å². The number of rotatable bonds is 14. The minimum atomic E-state index is -1.07. The summed E-state index contributed by atoms with van der Waals surface area (Å²) in [5, 5.41) is 26.5. The second kappa shape index (κ2) is 13.5. The summed E-state index contributed by atoms with van der Waals surface area (Å²) >= 11 is 4.21. The van der Waals surface area contributed by atoms with E-state index in [4.69, 9.17) is 5.73 Å². The topological polar surface area (TPSA) is 190 Å². The summed E-state index contributed by atoms with van der Waals surface area (Å²) < 4.78 is 0. The van der Waals surface area contributed by atoms with E-state index in [0.29, 0.717) is 24.8 Å². The third kappa shape index (κ3) is 6.96. The van der Waals surface area contributed by atoms with Gasteiger partial charge in [-0.15, -0.1) is 0 Å². The Balaban J connectivity index is 1.73. The van der Waals surface area contributed by atoms with Crippen LogP contribution < -0.4 is 16.4 Å². The average Bonchev–Trinajstić information content (AvgIpc) is 3.58. The molecule has 45 heavy (non-hydrogen) atoms. The van der Waals surface area contributed by atoms with Crippen LogP contribution in [0.1, 0.15) is 71.7 Å². The zero-order chi connectivity index (χ0) is 33.2. The monoisotopic (exact) mass is 637 g/mol. The van der Waals surface area contributed by atoms with Crippen molar-refractivity contribution < 1.29 is 29.4 Å². The average molecular weight is 638 g/mol. The molecule has 0 aliphatic carbocycles. The van der Waals surface area contributed by atoms with Gasteiger partial charge in [0.2, 0.25) is 5.91 Å². The predicted octanol–water partition coefficient (Wildman–Crippen LogP) is 3.15. The Bertz CT molecular complexity index is 1600. The third-order valence-corrected chi connectivity index (χ3v) is 9.62. The molecule has 12 heteroatoms. The number of carbonyl (C=O) groups excluding carboxylic acids is 2. The molecule has 2 aromatic rings. The normalized spacial score (nSPS) is 23.2. The van der Waals surface area contributed by atoms with E-state index < -0.39 is 17.6 Å². The molecule has 0 saturated carbocycles. The molecule has 0 unspecified atom stereocenters. The fraction of sp³-hybridized carbons (Fsp3) is 0.455. The Hall–Kier alpha value is -4.03. The molecule has 8 N–H and O–H groups in total. The molecule has 4 atom stereocenters. The molecule has 11 nitrogen and oxygen atoms in total. The summed E-state index contributed by atoms with van der Waals surface area (Å²) in [6.45, 7) is 11.3. The molecule has 2 amide bonds. The lowest BCUT2D eigenvalue weighted by Crippen LogP contribution is -2.56. The van der Waals surface area contributed by atoms with Crippen LogP contribution in [0.2, 0.25) is 0 Å². The second-order valence-corrected chi connectivity index (χ2v) is 12.5. The lowest BCUT2D eigenvalue weighted by Gasteiger charge is -2.30. The molecular formula is C33H43N5O6S. The number of aromatic amines is 2. The summed E-state index contributed by atoms with van der Waals surface area (Å²) in [4.78, 5) is 55.2. The first-order valence-corrected chi connectivity index (χ1v) is 15.6. The van der Waals surface area contributed by atoms with Crippen molar-refractivity contribution in [3.05, 3.63) is 80.3 Å². The number of carboxylic acid groups (broad SMARTS) is 2. The van der Waals surface area contributed by atoms with Crippen LogP contribution in [0, 0.1) is 25.7 Å². The highest BCUT2D eigenvalue weighted by molar-refractivity contribution is 7.83. The van der Waals surface area contributed by atoms with E-state index >= 15 is 0 Å². The summed E-state index contributed by atoms with van der Waals surface area (Å²) in [5.74, 6) is -2.80. The van der Waals surface area contributed by atoms with Crippen molar-refractivity contribution in [3.63, 3.8) is 0 Å². The van der Waals surface area contributed by atoms with E-state index in [-0.39, 0.29) is 55.4 Å². The molecule has 4 heterocycles. The zero-order valence-corrected chi connectivity index (χ0v) is 27.1. The first kappa shape index (κ1) is 33.9. The molecule has 4 rings (SSSR count). The van der Waals surface area contributed by atoms with Crippen molar-refractivity contribution in [1.29, 1.82) is 0 Å². The van der Waals surface area contributed by atoms with Gasteiger partial charge in [0.25, 0.3) is 5.91 Å². The van der Waals surface area contributed by atoms with Crippen LogP contribution in [-0.4, -0.2) is 55.6 Å². The molecular weight excluding hydrogens is 594 g/mol. The molecule has 2 aliphatic rings. The van der Waals surface area contributed by atoms with Gasteiger partial charge in [0.1, 0.15) is 5.66 Å². The van der Waals surface area contributed by atoms with E-state index in [0.717, 1.165) is 50.6 Å². The van der Waals surface area contributed by atoms with Crippen molar-refractivity contribution in [3.8, 4) is 0 Å². The lowest BCUT2D eigenvalue weighted by atomic mass is 9.84. The quantitative estimate of drug-likeness (QED) is 0.146. The Labute approximate surface area is 268 Å². The number of hydrogen-bond donors (Lipinski definition) is 8. The summed E-state index contributed by atoms with van der Waals surface area (Å²) in [7, 11) is 0. The minimum absolute atomic E-state index is 0.0562. The number of carboxylic acids is 2. The van der Waals surface area contributed by atoms with Crippen LogP contribution in [0.3, 0.4) is 0 Å². The first-order valence-electron chi connectivity index (χ1n) is 15.1. The van der Waals surface area contributed by atoms with Gasteiger partial charge in [-0.1, -0.05) is 25.7 Å². The summed E-state index contributed by atoms with van der Waals surface area (Å²) in [5.41, 5.74) is 14.0. The highest BCUT2D eigenvalue weighted by Gasteiger charge is 2.48. The second-order valence-electron chi connectivity index (χ2n) is 12.2. The number of thiol groups is 1. The molecule has 2 aliphatic heterocycles. The number of aliphatic carboxylic acids is 2. The minimum Gasteiger partial charge on any atom is -0.481 e. The molecule has 0 spiro atoms. The van der Waals surface area contributed by atoms with Gasteiger partial charge in [-0.3, -0.25) is 19.2 Å². The van der Waals surface area contributed by atoms with Gasteiger partial charge >= 0.3 is 11.9 Å². The Morgan fingerprint density at radius 2 is 1.53 bits per heavy atom. The smallest absolute Gasteiger partial charge is 0.303 e. The highest BCUT2D eigenvalue weighted by atomic mass is 32.1. The number of amides is 2. The molecule has 0 aromatic carbocycles. The van der Waals surface area contributed by atoms with E-state index in [9.17, 15) is 29.4 Å². The van der Waals surface area contributed by atoms with Gasteiger partial charge < -0.3 is 36.5 Å². The first-order chi connectivity index (χ1) is 21.2. The maximum atomic E-state index is 12.6. The van der Waals surface area contributed by atoms with E-state index in [1.807, 2.05) is 33.8 Å². The maximum absolute atomic E-state index is 12.6. The maximum Gasteiger partial charge on any atom is 0.303 e. The summed E-state index contributed by atoms with van der Waals surface area (Å²) in [6, 6.07) is -0.225. The van der Waals surface area contributed by atoms with Crippen LogP contribution in [-0.2, 0) is 51.3 Å². The van der Waals surface area contributed by atoms with E-state index in [1.165, 1.54) is 0 Å². The molecule has 1 fully saturated rings. The van der Waals surface area contributed by atoms with E-state index in [1.54, 1.807) is 11.5 Å². The van der Waals surface area contributed by atoms with Crippen molar-refractivity contribution >= 4 is 36.4 Å². The molecule has 0 bridgehead atoms. The highest BCUT2D eigenvalue weighted by Crippen LogP contribution is 2.35. The number of hydrogen-bond acceptors (Lipinski definition) is 6. The Morgan fingerprint density at radius 1 is 0.978 bits per heavy atom. The Morgan fingerprint density at radius 3 is 2.04 bits per heavy atom. The van der Waals surface area contributed by atoms with Crippen molar-refractivity contribution in [1.82, 2.24) is 20.6 Å². The number of aromatic nitrogens is 2. The fourth-order valence-corrected chi connectivity index (χ4v) is 7.00. The Kier molecular flexibility index (Phi) is 10.2. The summed E-state index contributed by atoms with van der Waals surface area (Å²) in [6.07, 6.45) is 4.99. The van der Waals surface area contributed by atoms with Gasteiger partial charge in [-0.2, -0.15) is 12.6 Å². The van der Waals surface area contributed by atoms with Crippen LogP contribution in [0.25, 0.3) is 0 Å². The van der Waals surface area contributed by atoms with Gasteiger partial charge in [0.15, 0.2) is 0 Å². The number of nitrogens with two attached hydrogens (primary N) is 1. The van der Waals surface area contributed by atoms with Gasteiger partial charge in [-0.25, -0.2) is 0 Å². The van der Waals surface area contributed by atoms with Crippen LogP contribution in [0.5, 0.6) is 0 Å². The predicted molar refractivity (Wildman–Crippen MR) is 174 cm³/mol. The SMILES string of the molecule is C=CC1=C(C)[C@@H](Cc2[nH]c(Cc3[nH]c(C[C@]4(N)NC(=O)[C@H](C)[C@H]4/C=C\S)c(C)c3CCC(=O)O)c(CCC(=O)O)c2C)NC1=O. The zero-order valence-electron chi connectivity index (χ0n) is 26.2. The van der Waals surface area contributed by atoms with Gasteiger partial charge in [0.05, 0.1) is 6.04 Å². The van der Waals surface area contributed by atoms with Gasteiger partial charge in [-0.05, 0) is 66.8 Å². The molecule has 0 radical (unpaired) electrons. The van der Waals surface area contributed by atoms with E-state index in [2.05, 4.69) is 39.8 Å². The number of H-pyrrole nitrogens is 2. The van der Waals surface area contributed by atoms with Crippen molar-refractivity contribution in [2.24, 2.45) is 17.6 Å². The van der Waals surface area contributed by atoms with Crippen LogP contribution in [0.4, 0.5) is 0 Å². The third-order valence-electron chi connectivity index (χ3n) is 9.45. The van der Waals surface area contributed by atoms with Crippen molar-refractivity contribution in [2.75, 3.05) is 0 Å². The standard InChI is InChI=1S/C33H43N5O6S/c1-6-20-16(2)25(37-32(20)44)13-24-17(3)21(7-9-29(39)40)26(35-24)14-27-22(8-10-30(41)42)18(4)28(36-27)15-33(34)23(11-12-45)19(5)31(43)38-33/h6,11-12,19,23,25,35-36,45H,1,7-10,13-15,34H2,2-5H3,(H,37,44)(H,38,43)(H,39,40)(H,41,42)/b12-11-/t19-,23-,25-,33+/m1/s1. The lowest BCUT2D eigenvalue weighted by molar-refractivity contribution is -0.138. The molecule has 2 aromatic heterocycles. The number of nitrogens with one attached hydrogen (secondary N) is 4. The number of carbonyl (C=O) groups is 4. The van der Waals surface area contributed by atoms with Gasteiger partial charge in [0, 0.05) is 72.3 Å².